The second-order valence-electron chi connectivity index (χ2n) is 3.63. The topological polar surface area (TPSA) is 26.3 Å². The van der Waals surface area contributed by atoms with Crippen LogP contribution in [0.1, 0.15) is 10.4 Å². The molecular weight excluding hydrogens is 323 g/mol. The van der Waals surface area contributed by atoms with Crippen LogP contribution in [0.25, 0.3) is 0 Å². The van der Waals surface area contributed by atoms with Crippen LogP contribution in [0.15, 0.2) is 35.2 Å². The number of hydrogen-bond donors (Lipinski definition) is 0. The number of benzene rings is 1. The molecule has 6 heteroatoms. The molecule has 0 spiro atoms. The van der Waals surface area contributed by atoms with Crippen LogP contribution in [0.5, 0.6) is 5.75 Å². The van der Waals surface area contributed by atoms with Crippen molar-refractivity contribution in [2.24, 2.45) is 0 Å². The number of carbonyl (C=O) groups excluding carboxylic acids is 1. The molecule has 0 saturated heterocycles. The number of Topliss-reactive ketones (excluding diaryl/α,β-unsaturated/α-hetero) is 1. The molecule has 100 valence electrons. The lowest BCUT2D eigenvalue weighted by Gasteiger charge is -2.05. The largest absolute Gasteiger partial charge is 0.485 e. The van der Waals surface area contributed by atoms with Crippen molar-refractivity contribution in [2.45, 2.75) is 4.90 Å². The Morgan fingerprint density at radius 2 is 2.00 bits per heavy atom. The van der Waals surface area contributed by atoms with Crippen LogP contribution >= 0.6 is 46.3 Å². The summed E-state index contributed by atoms with van der Waals surface area (Å²) in [4.78, 5) is 13.1. The van der Waals surface area contributed by atoms with Crippen LogP contribution in [-0.2, 0) is 0 Å². The van der Waals surface area contributed by atoms with E-state index in [0.29, 0.717) is 20.0 Å². The van der Waals surface area contributed by atoms with E-state index < -0.39 is 0 Å². The number of thiophene rings is 1. The van der Waals surface area contributed by atoms with Crippen molar-refractivity contribution >= 4 is 52.1 Å². The number of carbonyl (C=O) groups is 1. The van der Waals surface area contributed by atoms with Gasteiger partial charge in [-0.05, 0) is 36.6 Å². The summed E-state index contributed by atoms with van der Waals surface area (Å²) < 4.78 is 6.33. The number of ketones is 1. The summed E-state index contributed by atoms with van der Waals surface area (Å²) in [7, 11) is 0. The number of thioether (sulfide) groups is 1. The molecule has 0 aliphatic carbocycles. The van der Waals surface area contributed by atoms with E-state index in [2.05, 4.69) is 0 Å². The van der Waals surface area contributed by atoms with Crippen molar-refractivity contribution in [3.8, 4) is 5.75 Å². The lowest BCUT2D eigenvalue weighted by molar-refractivity contribution is 0.0922. The molecule has 2 aromatic rings. The van der Waals surface area contributed by atoms with E-state index >= 15 is 0 Å². The van der Waals surface area contributed by atoms with Gasteiger partial charge in [0.2, 0.25) is 5.78 Å². The Morgan fingerprint density at radius 1 is 1.32 bits per heavy atom. The van der Waals surface area contributed by atoms with Crippen LogP contribution in [0, 0.1) is 0 Å². The first-order valence-corrected chi connectivity index (χ1v) is 8.14. The summed E-state index contributed by atoms with van der Waals surface area (Å²) in [6, 6.07) is 9.12. The Balaban J connectivity index is 1.98. The zero-order valence-electron chi connectivity index (χ0n) is 9.98. The van der Waals surface area contributed by atoms with E-state index in [1.165, 1.54) is 11.3 Å². The fourth-order valence-corrected chi connectivity index (χ4v) is 3.34. The fourth-order valence-electron chi connectivity index (χ4n) is 1.43. The minimum atomic E-state index is -0.179. The zero-order valence-corrected chi connectivity index (χ0v) is 13.1. The maximum absolute atomic E-state index is 11.9. The molecule has 0 fully saturated rings. The minimum Gasteiger partial charge on any atom is -0.485 e. The van der Waals surface area contributed by atoms with Crippen molar-refractivity contribution in [1.82, 2.24) is 0 Å². The summed E-state index contributed by atoms with van der Waals surface area (Å²) in [5.41, 5.74) is 0.414. The molecule has 1 heterocycles. The van der Waals surface area contributed by atoms with Gasteiger partial charge in [-0.1, -0.05) is 23.2 Å². The van der Waals surface area contributed by atoms with Crippen molar-refractivity contribution in [2.75, 3.05) is 12.9 Å². The van der Waals surface area contributed by atoms with Gasteiger partial charge in [-0.3, -0.25) is 4.79 Å². The standard InChI is InChI=1S/C13H10Cl2O2S2/c1-18-9-4-2-8(3-5-9)17-7-11(16)10-6-12(14)19-13(10)15/h2-6H,7H2,1H3. The summed E-state index contributed by atoms with van der Waals surface area (Å²) >= 11 is 14.5. The average molecular weight is 333 g/mol. The van der Waals surface area contributed by atoms with Gasteiger partial charge in [0.05, 0.1) is 9.90 Å². The maximum atomic E-state index is 11.9. The van der Waals surface area contributed by atoms with Crippen LogP contribution in [0.4, 0.5) is 0 Å². The third-order valence-electron chi connectivity index (χ3n) is 2.39. The Labute approximate surface area is 129 Å². The van der Waals surface area contributed by atoms with Crippen molar-refractivity contribution < 1.29 is 9.53 Å². The molecule has 0 aliphatic heterocycles. The van der Waals surface area contributed by atoms with Gasteiger partial charge in [0.25, 0.3) is 0 Å². The Bertz CT molecular complexity index is 579. The number of ether oxygens (including phenoxy) is 1. The van der Waals surface area contributed by atoms with Crippen molar-refractivity contribution in [3.05, 3.63) is 44.6 Å². The molecule has 0 amide bonds. The molecule has 0 aliphatic rings. The monoisotopic (exact) mass is 332 g/mol. The number of halogens is 2. The highest BCUT2D eigenvalue weighted by Gasteiger charge is 2.14. The van der Waals surface area contributed by atoms with E-state index in [-0.39, 0.29) is 12.4 Å². The van der Waals surface area contributed by atoms with Crippen LogP contribution in [-0.4, -0.2) is 18.6 Å². The summed E-state index contributed by atoms with van der Waals surface area (Å²) in [5.74, 6) is 0.477. The van der Waals surface area contributed by atoms with Gasteiger partial charge in [0.1, 0.15) is 10.1 Å². The second kappa shape index (κ2) is 6.66. The molecule has 0 radical (unpaired) electrons. The fraction of sp³-hybridized carbons (Fsp3) is 0.154. The van der Waals surface area contributed by atoms with Gasteiger partial charge in [-0.2, -0.15) is 0 Å². The highest BCUT2D eigenvalue weighted by atomic mass is 35.5. The van der Waals surface area contributed by atoms with E-state index in [9.17, 15) is 4.79 Å². The lowest BCUT2D eigenvalue weighted by Crippen LogP contribution is -2.11. The summed E-state index contributed by atoms with van der Waals surface area (Å²) in [6.45, 7) is -0.0502. The lowest BCUT2D eigenvalue weighted by atomic mass is 10.2. The Kier molecular flexibility index (Phi) is 5.16. The molecule has 0 unspecified atom stereocenters. The first kappa shape index (κ1) is 14.7. The molecule has 2 rings (SSSR count). The highest BCUT2D eigenvalue weighted by molar-refractivity contribution is 7.98. The van der Waals surface area contributed by atoms with Crippen LogP contribution < -0.4 is 4.74 Å². The van der Waals surface area contributed by atoms with E-state index in [1.54, 1.807) is 17.8 Å². The molecule has 19 heavy (non-hydrogen) atoms. The van der Waals surface area contributed by atoms with Crippen LogP contribution in [0.3, 0.4) is 0 Å². The molecule has 2 nitrogen and oxygen atoms in total. The Hall–Kier alpha value is -0.680. The average Bonchev–Trinajstić information content (AvgIpc) is 2.75. The second-order valence-corrected chi connectivity index (χ2v) is 6.79. The first-order valence-electron chi connectivity index (χ1n) is 5.35. The first-order chi connectivity index (χ1) is 9.10. The summed E-state index contributed by atoms with van der Waals surface area (Å²) in [6.07, 6.45) is 2.00. The molecule has 0 saturated carbocycles. The van der Waals surface area contributed by atoms with Crippen LogP contribution in [0.2, 0.25) is 8.67 Å². The SMILES string of the molecule is CSc1ccc(OCC(=O)c2cc(Cl)sc2Cl)cc1. The molecular formula is C13H10Cl2O2S2. The third kappa shape index (κ3) is 3.89. The van der Waals surface area contributed by atoms with E-state index in [0.717, 1.165) is 4.90 Å². The highest BCUT2D eigenvalue weighted by Crippen LogP contribution is 2.31. The van der Waals surface area contributed by atoms with E-state index in [4.69, 9.17) is 27.9 Å². The predicted octanol–water partition coefficient (Wildman–Crippen LogP) is 5.04. The third-order valence-corrected chi connectivity index (χ3v) is 4.62. The van der Waals surface area contributed by atoms with Gasteiger partial charge in [-0.15, -0.1) is 23.1 Å². The van der Waals surface area contributed by atoms with Gasteiger partial charge in [0.15, 0.2) is 6.61 Å². The van der Waals surface area contributed by atoms with Gasteiger partial charge in [0, 0.05) is 4.90 Å². The van der Waals surface area contributed by atoms with Crippen molar-refractivity contribution in [1.29, 1.82) is 0 Å². The van der Waals surface area contributed by atoms with Gasteiger partial charge >= 0.3 is 0 Å². The maximum Gasteiger partial charge on any atom is 0.202 e. The summed E-state index contributed by atoms with van der Waals surface area (Å²) in [5, 5.41) is 0. The molecule has 1 aromatic heterocycles. The quantitative estimate of drug-likeness (QED) is 0.566. The van der Waals surface area contributed by atoms with E-state index in [1.807, 2.05) is 30.5 Å². The number of hydrogen-bond acceptors (Lipinski definition) is 4. The molecule has 0 atom stereocenters. The minimum absolute atomic E-state index is 0.0502. The Morgan fingerprint density at radius 3 is 2.53 bits per heavy atom. The van der Waals surface area contributed by atoms with Gasteiger partial charge in [-0.25, -0.2) is 0 Å². The molecule has 1 aromatic carbocycles. The molecule has 0 bridgehead atoms. The number of rotatable bonds is 5. The smallest absolute Gasteiger partial charge is 0.202 e. The predicted molar refractivity (Wildman–Crippen MR) is 82.4 cm³/mol. The van der Waals surface area contributed by atoms with Crippen molar-refractivity contribution in [3.63, 3.8) is 0 Å². The zero-order chi connectivity index (χ0) is 13.8. The van der Waals surface area contributed by atoms with Gasteiger partial charge < -0.3 is 4.74 Å². The normalized spacial score (nSPS) is 10.5. The molecule has 0 N–H and O–H groups in total.